The predicted octanol–water partition coefficient (Wildman–Crippen LogP) is 2.00. The average molecular weight is 301 g/mol. The molecule has 0 saturated heterocycles. The maximum atomic E-state index is 12.3. The average Bonchev–Trinajstić information content (AvgIpc) is 2.87. The van der Waals surface area contributed by atoms with Gasteiger partial charge in [0, 0.05) is 12.1 Å². The topological polar surface area (TPSA) is 96.6 Å². The zero-order valence-corrected chi connectivity index (χ0v) is 12.5. The molecule has 1 fully saturated rings. The Morgan fingerprint density at radius 1 is 1.40 bits per heavy atom. The second kappa shape index (κ2) is 5.21. The number of aromatic carboxylic acids is 1. The molecule has 1 heterocycles. The van der Waals surface area contributed by atoms with Crippen LogP contribution in [0.4, 0.5) is 0 Å². The SMILES string of the molecule is Cc1oc(C(=O)O)cc1S(=O)(=O)NC1CCC(C)C1C. The Morgan fingerprint density at radius 2 is 2.05 bits per heavy atom. The summed E-state index contributed by atoms with van der Waals surface area (Å²) in [6.45, 7) is 5.57. The molecule has 1 aromatic heterocycles. The molecule has 0 radical (unpaired) electrons. The van der Waals surface area contributed by atoms with Gasteiger partial charge in [0.1, 0.15) is 10.7 Å². The molecule has 20 heavy (non-hydrogen) atoms. The van der Waals surface area contributed by atoms with Crippen molar-refractivity contribution in [1.29, 1.82) is 0 Å². The molecule has 7 heteroatoms. The second-order valence-electron chi connectivity index (χ2n) is 5.48. The van der Waals surface area contributed by atoms with Gasteiger partial charge in [-0.25, -0.2) is 17.9 Å². The van der Waals surface area contributed by atoms with Crippen LogP contribution in [0.5, 0.6) is 0 Å². The van der Waals surface area contributed by atoms with Crippen LogP contribution in [0.3, 0.4) is 0 Å². The van der Waals surface area contributed by atoms with Crippen LogP contribution in [-0.4, -0.2) is 25.5 Å². The molecule has 0 amide bonds. The Bertz CT molecular complexity index is 619. The predicted molar refractivity (Wildman–Crippen MR) is 72.1 cm³/mol. The maximum Gasteiger partial charge on any atom is 0.371 e. The van der Waals surface area contributed by atoms with E-state index in [1.807, 2.05) is 6.92 Å². The van der Waals surface area contributed by atoms with Gasteiger partial charge in [0.15, 0.2) is 0 Å². The van der Waals surface area contributed by atoms with Gasteiger partial charge >= 0.3 is 5.97 Å². The van der Waals surface area contributed by atoms with E-state index in [1.165, 1.54) is 6.92 Å². The number of sulfonamides is 1. The first-order valence-corrected chi connectivity index (χ1v) is 8.06. The van der Waals surface area contributed by atoms with Gasteiger partial charge in [-0.05, 0) is 31.6 Å². The van der Waals surface area contributed by atoms with E-state index in [1.54, 1.807) is 0 Å². The summed E-state index contributed by atoms with van der Waals surface area (Å²) in [6, 6.07) is 0.945. The number of furan rings is 1. The van der Waals surface area contributed by atoms with Gasteiger partial charge < -0.3 is 9.52 Å². The molecular formula is C13H19NO5S. The normalized spacial score (nSPS) is 26.9. The monoisotopic (exact) mass is 301 g/mol. The number of carbonyl (C=O) groups is 1. The summed E-state index contributed by atoms with van der Waals surface area (Å²) in [5.41, 5.74) is 0. The van der Waals surface area contributed by atoms with Gasteiger partial charge in [0.25, 0.3) is 0 Å². The van der Waals surface area contributed by atoms with Crippen molar-refractivity contribution in [2.45, 2.75) is 44.6 Å². The van der Waals surface area contributed by atoms with E-state index in [0.717, 1.165) is 18.9 Å². The Hall–Kier alpha value is -1.34. The van der Waals surface area contributed by atoms with Crippen molar-refractivity contribution in [3.8, 4) is 0 Å². The van der Waals surface area contributed by atoms with Gasteiger partial charge in [-0.3, -0.25) is 0 Å². The van der Waals surface area contributed by atoms with Crippen molar-refractivity contribution < 1.29 is 22.7 Å². The molecule has 0 aromatic carbocycles. The number of hydrogen-bond donors (Lipinski definition) is 2. The molecule has 0 bridgehead atoms. The van der Waals surface area contributed by atoms with Crippen LogP contribution >= 0.6 is 0 Å². The second-order valence-corrected chi connectivity index (χ2v) is 7.16. The zero-order chi connectivity index (χ0) is 15.1. The van der Waals surface area contributed by atoms with Crippen molar-refractivity contribution >= 4 is 16.0 Å². The first-order valence-electron chi connectivity index (χ1n) is 6.58. The summed E-state index contributed by atoms with van der Waals surface area (Å²) in [5.74, 6) is -0.819. The highest BCUT2D eigenvalue weighted by atomic mass is 32.2. The van der Waals surface area contributed by atoms with E-state index in [9.17, 15) is 13.2 Å². The number of carboxylic acid groups (broad SMARTS) is 1. The van der Waals surface area contributed by atoms with Crippen molar-refractivity contribution in [1.82, 2.24) is 4.72 Å². The molecule has 1 aromatic rings. The summed E-state index contributed by atoms with van der Waals surface area (Å²) in [7, 11) is -3.75. The minimum absolute atomic E-state index is 0.0913. The lowest BCUT2D eigenvalue weighted by Crippen LogP contribution is -2.37. The summed E-state index contributed by atoms with van der Waals surface area (Å²) < 4.78 is 32.3. The molecule has 3 unspecified atom stereocenters. The fourth-order valence-electron chi connectivity index (χ4n) is 2.63. The fraction of sp³-hybridized carbons (Fsp3) is 0.615. The Labute approximate surface area is 118 Å². The molecule has 1 aliphatic rings. The van der Waals surface area contributed by atoms with Crippen molar-refractivity contribution in [3.63, 3.8) is 0 Å². The number of carboxylic acids is 1. The minimum Gasteiger partial charge on any atom is -0.475 e. The summed E-state index contributed by atoms with van der Waals surface area (Å²) in [4.78, 5) is 10.7. The summed E-state index contributed by atoms with van der Waals surface area (Å²) >= 11 is 0. The van der Waals surface area contributed by atoms with E-state index in [4.69, 9.17) is 9.52 Å². The van der Waals surface area contributed by atoms with Crippen LogP contribution in [0.1, 0.15) is 43.0 Å². The van der Waals surface area contributed by atoms with E-state index in [-0.39, 0.29) is 28.4 Å². The lowest BCUT2D eigenvalue weighted by molar-refractivity contribution is 0.0661. The molecule has 0 spiro atoms. The Morgan fingerprint density at radius 3 is 2.50 bits per heavy atom. The highest BCUT2D eigenvalue weighted by Gasteiger charge is 2.34. The number of nitrogens with one attached hydrogen (secondary N) is 1. The number of hydrogen-bond acceptors (Lipinski definition) is 4. The van der Waals surface area contributed by atoms with E-state index >= 15 is 0 Å². The Balaban J connectivity index is 2.25. The molecule has 2 rings (SSSR count). The molecular weight excluding hydrogens is 282 g/mol. The molecule has 3 atom stereocenters. The first-order chi connectivity index (χ1) is 9.22. The minimum atomic E-state index is -3.75. The highest BCUT2D eigenvalue weighted by Crippen LogP contribution is 2.32. The first kappa shape index (κ1) is 15.1. The van der Waals surface area contributed by atoms with E-state index in [2.05, 4.69) is 11.6 Å². The van der Waals surface area contributed by atoms with E-state index < -0.39 is 16.0 Å². The molecule has 2 N–H and O–H groups in total. The fourth-order valence-corrected chi connectivity index (χ4v) is 4.17. The standard InChI is InChI=1S/C13H19NO5S/c1-7-4-5-10(8(7)2)14-20(17,18)12-6-11(13(15)16)19-9(12)3/h6-8,10,14H,4-5H2,1-3H3,(H,15,16). The van der Waals surface area contributed by atoms with Crippen LogP contribution < -0.4 is 4.72 Å². The molecule has 112 valence electrons. The molecule has 0 aliphatic heterocycles. The smallest absolute Gasteiger partial charge is 0.371 e. The van der Waals surface area contributed by atoms with Gasteiger partial charge in [-0.1, -0.05) is 13.8 Å². The van der Waals surface area contributed by atoms with Crippen molar-refractivity contribution in [3.05, 3.63) is 17.6 Å². The van der Waals surface area contributed by atoms with Crippen LogP contribution in [0.2, 0.25) is 0 Å². The third-order valence-corrected chi connectivity index (χ3v) is 5.74. The Kier molecular flexibility index (Phi) is 3.93. The van der Waals surface area contributed by atoms with Gasteiger partial charge in [0.05, 0.1) is 0 Å². The van der Waals surface area contributed by atoms with Crippen LogP contribution in [0, 0.1) is 18.8 Å². The third-order valence-electron chi connectivity index (χ3n) is 4.14. The maximum absolute atomic E-state index is 12.3. The van der Waals surface area contributed by atoms with Crippen LogP contribution in [0.15, 0.2) is 15.4 Å². The van der Waals surface area contributed by atoms with Crippen molar-refractivity contribution in [2.24, 2.45) is 11.8 Å². The lowest BCUT2D eigenvalue weighted by atomic mass is 9.98. The number of aryl methyl sites for hydroxylation is 1. The lowest BCUT2D eigenvalue weighted by Gasteiger charge is -2.19. The van der Waals surface area contributed by atoms with Gasteiger partial charge in [-0.15, -0.1) is 0 Å². The number of rotatable bonds is 4. The molecule has 6 nitrogen and oxygen atoms in total. The largest absolute Gasteiger partial charge is 0.475 e. The van der Waals surface area contributed by atoms with Crippen LogP contribution in [-0.2, 0) is 10.0 Å². The summed E-state index contributed by atoms with van der Waals surface area (Å²) in [6.07, 6.45) is 1.78. The van der Waals surface area contributed by atoms with E-state index in [0.29, 0.717) is 5.92 Å². The summed E-state index contributed by atoms with van der Waals surface area (Å²) in [5, 5.41) is 8.84. The van der Waals surface area contributed by atoms with Gasteiger partial charge in [-0.2, -0.15) is 0 Å². The molecule has 1 saturated carbocycles. The molecule has 1 aliphatic carbocycles. The zero-order valence-electron chi connectivity index (χ0n) is 11.7. The quantitative estimate of drug-likeness (QED) is 0.886. The third kappa shape index (κ3) is 2.73. The van der Waals surface area contributed by atoms with Crippen LogP contribution in [0.25, 0.3) is 0 Å². The highest BCUT2D eigenvalue weighted by molar-refractivity contribution is 7.89. The van der Waals surface area contributed by atoms with Gasteiger partial charge in [0.2, 0.25) is 15.8 Å². The van der Waals surface area contributed by atoms with Crippen molar-refractivity contribution in [2.75, 3.05) is 0 Å².